The Bertz CT molecular complexity index is 644. The highest BCUT2D eigenvalue weighted by Gasteiger charge is 2.12. The quantitative estimate of drug-likeness (QED) is 0.877. The van der Waals surface area contributed by atoms with Crippen LogP contribution in [0.5, 0.6) is 0 Å². The maximum atomic E-state index is 12.2. The number of esters is 1. The SMILES string of the molecule is COC(=O)c1ccc(C(=O)Nc2ccnn2C(C)C)cc1. The van der Waals surface area contributed by atoms with Gasteiger partial charge in [0.15, 0.2) is 0 Å². The predicted octanol–water partition coefficient (Wildman–Crippen LogP) is 2.50. The number of carbonyl (C=O) groups excluding carboxylic acids is 2. The molecule has 0 unspecified atom stereocenters. The van der Waals surface area contributed by atoms with Crippen molar-refractivity contribution >= 4 is 17.7 Å². The first kappa shape index (κ1) is 14.8. The number of anilines is 1. The average molecular weight is 287 g/mol. The molecule has 1 amide bonds. The van der Waals surface area contributed by atoms with Crippen LogP contribution in [0.25, 0.3) is 0 Å². The van der Waals surface area contributed by atoms with E-state index in [0.29, 0.717) is 16.9 Å². The molecule has 21 heavy (non-hydrogen) atoms. The molecule has 110 valence electrons. The minimum absolute atomic E-state index is 0.150. The predicted molar refractivity (Wildman–Crippen MR) is 78.3 cm³/mol. The summed E-state index contributed by atoms with van der Waals surface area (Å²) in [6.07, 6.45) is 1.63. The summed E-state index contributed by atoms with van der Waals surface area (Å²) >= 11 is 0. The van der Waals surface area contributed by atoms with Crippen LogP contribution in [-0.2, 0) is 4.74 Å². The lowest BCUT2D eigenvalue weighted by atomic mass is 10.1. The van der Waals surface area contributed by atoms with Gasteiger partial charge in [-0.15, -0.1) is 0 Å². The molecule has 1 aromatic heterocycles. The van der Waals surface area contributed by atoms with Crippen molar-refractivity contribution in [1.82, 2.24) is 9.78 Å². The molecule has 0 saturated carbocycles. The number of aromatic nitrogens is 2. The highest BCUT2D eigenvalue weighted by atomic mass is 16.5. The zero-order valence-electron chi connectivity index (χ0n) is 12.2. The van der Waals surface area contributed by atoms with Gasteiger partial charge in [-0.1, -0.05) is 0 Å². The Labute approximate surface area is 122 Å². The zero-order valence-corrected chi connectivity index (χ0v) is 12.2. The number of methoxy groups -OCH3 is 1. The molecular formula is C15H17N3O3. The van der Waals surface area contributed by atoms with Crippen molar-refractivity contribution in [2.24, 2.45) is 0 Å². The molecule has 1 N–H and O–H groups in total. The van der Waals surface area contributed by atoms with E-state index < -0.39 is 5.97 Å². The van der Waals surface area contributed by atoms with E-state index >= 15 is 0 Å². The molecule has 6 nitrogen and oxygen atoms in total. The third-order valence-corrected chi connectivity index (χ3v) is 2.97. The largest absolute Gasteiger partial charge is 0.465 e. The normalized spacial score (nSPS) is 10.5. The minimum atomic E-state index is -0.431. The number of hydrogen-bond donors (Lipinski definition) is 1. The lowest BCUT2D eigenvalue weighted by Crippen LogP contribution is -2.16. The Balaban J connectivity index is 2.13. The number of benzene rings is 1. The van der Waals surface area contributed by atoms with E-state index in [2.05, 4.69) is 15.2 Å². The van der Waals surface area contributed by atoms with Crippen LogP contribution >= 0.6 is 0 Å². The van der Waals surface area contributed by atoms with Crippen molar-refractivity contribution in [1.29, 1.82) is 0 Å². The Morgan fingerprint density at radius 1 is 1.14 bits per heavy atom. The number of carbonyl (C=O) groups is 2. The Hall–Kier alpha value is -2.63. The van der Waals surface area contributed by atoms with Crippen LogP contribution in [0.3, 0.4) is 0 Å². The summed E-state index contributed by atoms with van der Waals surface area (Å²) in [7, 11) is 1.32. The van der Waals surface area contributed by atoms with Crippen LogP contribution in [-0.4, -0.2) is 28.8 Å². The number of hydrogen-bond acceptors (Lipinski definition) is 4. The number of ether oxygens (including phenoxy) is 1. The van der Waals surface area contributed by atoms with Gasteiger partial charge in [-0.2, -0.15) is 5.10 Å². The Morgan fingerprint density at radius 2 is 1.76 bits per heavy atom. The summed E-state index contributed by atoms with van der Waals surface area (Å²) in [6.45, 7) is 3.96. The standard InChI is InChI=1S/C15H17N3O3/c1-10(2)18-13(8-9-16-18)17-14(19)11-4-6-12(7-5-11)15(20)21-3/h4-10H,1-3H3,(H,17,19). The van der Waals surface area contributed by atoms with Gasteiger partial charge < -0.3 is 10.1 Å². The van der Waals surface area contributed by atoms with Crippen LogP contribution < -0.4 is 5.32 Å². The van der Waals surface area contributed by atoms with E-state index in [0.717, 1.165) is 0 Å². The molecule has 0 aliphatic heterocycles. The lowest BCUT2D eigenvalue weighted by molar-refractivity contribution is 0.0600. The third-order valence-electron chi connectivity index (χ3n) is 2.97. The van der Waals surface area contributed by atoms with Gasteiger partial charge in [-0.3, -0.25) is 4.79 Å². The molecule has 2 rings (SSSR count). The van der Waals surface area contributed by atoms with Gasteiger partial charge in [0, 0.05) is 17.7 Å². The molecule has 6 heteroatoms. The van der Waals surface area contributed by atoms with Gasteiger partial charge in [-0.25, -0.2) is 9.48 Å². The Morgan fingerprint density at radius 3 is 2.33 bits per heavy atom. The topological polar surface area (TPSA) is 73.2 Å². The van der Waals surface area contributed by atoms with Gasteiger partial charge in [0.2, 0.25) is 0 Å². The fourth-order valence-electron chi connectivity index (χ4n) is 1.89. The first-order chi connectivity index (χ1) is 10.0. The summed E-state index contributed by atoms with van der Waals surface area (Å²) in [5.41, 5.74) is 0.862. The van der Waals surface area contributed by atoms with Crippen molar-refractivity contribution in [3.05, 3.63) is 47.7 Å². The van der Waals surface area contributed by atoms with Crippen LogP contribution in [0.1, 0.15) is 40.6 Å². The van der Waals surface area contributed by atoms with Gasteiger partial charge >= 0.3 is 5.97 Å². The molecule has 0 atom stereocenters. The van der Waals surface area contributed by atoms with Gasteiger partial charge in [0.1, 0.15) is 5.82 Å². The summed E-state index contributed by atoms with van der Waals surface area (Å²) in [6, 6.07) is 8.16. The Kier molecular flexibility index (Phi) is 4.37. The zero-order chi connectivity index (χ0) is 15.4. The fraction of sp³-hybridized carbons (Fsp3) is 0.267. The van der Waals surface area contributed by atoms with Crippen molar-refractivity contribution in [2.75, 3.05) is 12.4 Å². The van der Waals surface area contributed by atoms with E-state index in [9.17, 15) is 9.59 Å². The molecular weight excluding hydrogens is 270 g/mol. The number of nitrogens with one attached hydrogen (secondary N) is 1. The van der Waals surface area contributed by atoms with Gasteiger partial charge in [0.05, 0.1) is 18.9 Å². The molecule has 0 fully saturated rings. The summed E-state index contributed by atoms with van der Waals surface area (Å²) < 4.78 is 6.34. The minimum Gasteiger partial charge on any atom is -0.465 e. The van der Waals surface area contributed by atoms with E-state index in [-0.39, 0.29) is 11.9 Å². The third kappa shape index (κ3) is 3.28. The summed E-state index contributed by atoms with van der Waals surface area (Å²) in [5, 5.41) is 6.95. The highest BCUT2D eigenvalue weighted by molar-refractivity contribution is 6.04. The van der Waals surface area contributed by atoms with Crippen molar-refractivity contribution < 1.29 is 14.3 Å². The first-order valence-corrected chi connectivity index (χ1v) is 6.56. The van der Waals surface area contributed by atoms with E-state index in [4.69, 9.17) is 0 Å². The molecule has 1 heterocycles. The highest BCUT2D eigenvalue weighted by Crippen LogP contribution is 2.14. The van der Waals surface area contributed by atoms with E-state index in [1.807, 2.05) is 13.8 Å². The number of amides is 1. The van der Waals surface area contributed by atoms with Crippen LogP contribution in [0.15, 0.2) is 36.5 Å². The van der Waals surface area contributed by atoms with Crippen molar-refractivity contribution in [3.8, 4) is 0 Å². The molecule has 0 saturated heterocycles. The molecule has 0 aliphatic carbocycles. The fourth-order valence-corrected chi connectivity index (χ4v) is 1.89. The van der Waals surface area contributed by atoms with Crippen LogP contribution in [0.2, 0.25) is 0 Å². The first-order valence-electron chi connectivity index (χ1n) is 6.56. The van der Waals surface area contributed by atoms with Crippen molar-refractivity contribution in [2.45, 2.75) is 19.9 Å². The molecule has 0 bridgehead atoms. The van der Waals surface area contributed by atoms with Crippen LogP contribution in [0, 0.1) is 0 Å². The molecule has 0 radical (unpaired) electrons. The number of nitrogens with zero attached hydrogens (tertiary/aromatic N) is 2. The second-order valence-electron chi connectivity index (χ2n) is 4.78. The summed E-state index contributed by atoms with van der Waals surface area (Å²) in [4.78, 5) is 23.5. The molecule has 0 spiro atoms. The van der Waals surface area contributed by atoms with Crippen molar-refractivity contribution in [3.63, 3.8) is 0 Å². The smallest absolute Gasteiger partial charge is 0.337 e. The monoisotopic (exact) mass is 287 g/mol. The van der Waals surface area contributed by atoms with E-state index in [1.54, 1.807) is 41.2 Å². The lowest BCUT2D eigenvalue weighted by Gasteiger charge is -2.11. The number of rotatable bonds is 4. The second kappa shape index (κ2) is 6.21. The maximum Gasteiger partial charge on any atom is 0.337 e. The molecule has 0 aliphatic rings. The average Bonchev–Trinajstić information content (AvgIpc) is 2.95. The van der Waals surface area contributed by atoms with Gasteiger partial charge in [-0.05, 0) is 38.1 Å². The molecule has 1 aromatic carbocycles. The second-order valence-corrected chi connectivity index (χ2v) is 4.78. The van der Waals surface area contributed by atoms with Gasteiger partial charge in [0.25, 0.3) is 5.91 Å². The maximum absolute atomic E-state index is 12.2. The van der Waals surface area contributed by atoms with E-state index in [1.165, 1.54) is 7.11 Å². The molecule has 2 aromatic rings. The van der Waals surface area contributed by atoms with Crippen LogP contribution in [0.4, 0.5) is 5.82 Å². The summed E-state index contributed by atoms with van der Waals surface area (Å²) in [5.74, 6) is -0.0549.